The third kappa shape index (κ3) is 6.81. The Hall–Kier alpha value is -0.590. The summed E-state index contributed by atoms with van der Waals surface area (Å²) < 4.78 is 5.44. The van der Waals surface area contributed by atoms with Gasteiger partial charge in [0.15, 0.2) is 5.16 Å². The van der Waals surface area contributed by atoms with Gasteiger partial charge in [-0.15, -0.1) is 0 Å². The second-order valence-corrected chi connectivity index (χ2v) is 4.75. The first-order chi connectivity index (χ1) is 7.79. The third-order valence-corrected chi connectivity index (χ3v) is 2.74. The molecule has 0 saturated heterocycles. The largest absolute Gasteiger partial charge is 0.379 e. The van der Waals surface area contributed by atoms with Gasteiger partial charge in [-0.1, -0.05) is 11.8 Å². The number of H-pyrrole nitrogens is 1. The highest BCUT2D eigenvalue weighted by Gasteiger charge is 1.96. The van der Waals surface area contributed by atoms with Gasteiger partial charge in [-0.3, -0.25) is 5.10 Å². The predicted octanol–water partition coefficient (Wildman–Crippen LogP) is 1.30. The molecule has 6 heteroatoms. The average molecular weight is 244 g/mol. The van der Waals surface area contributed by atoms with E-state index in [0.29, 0.717) is 6.10 Å². The number of hydrogen-bond acceptors (Lipinski definition) is 5. The molecule has 0 bridgehead atoms. The summed E-state index contributed by atoms with van der Waals surface area (Å²) in [7, 11) is 0. The zero-order valence-corrected chi connectivity index (χ0v) is 10.7. The van der Waals surface area contributed by atoms with Gasteiger partial charge in [-0.25, -0.2) is 4.98 Å². The lowest BCUT2D eigenvalue weighted by atomic mass is 10.4. The summed E-state index contributed by atoms with van der Waals surface area (Å²) in [5, 5.41) is 10.8. The van der Waals surface area contributed by atoms with Gasteiger partial charge < -0.3 is 10.1 Å². The zero-order valence-electron chi connectivity index (χ0n) is 9.90. The van der Waals surface area contributed by atoms with Crippen LogP contribution in [0.4, 0.5) is 0 Å². The monoisotopic (exact) mass is 244 g/mol. The van der Waals surface area contributed by atoms with E-state index in [1.54, 1.807) is 11.8 Å². The van der Waals surface area contributed by atoms with E-state index >= 15 is 0 Å². The number of rotatable bonds is 9. The number of thioether (sulfide) groups is 1. The van der Waals surface area contributed by atoms with Crippen LogP contribution >= 0.6 is 11.8 Å². The maximum Gasteiger partial charge on any atom is 0.183 e. The van der Waals surface area contributed by atoms with E-state index in [4.69, 9.17) is 4.74 Å². The minimum Gasteiger partial charge on any atom is -0.379 e. The number of nitrogens with one attached hydrogen (secondary N) is 2. The van der Waals surface area contributed by atoms with Gasteiger partial charge >= 0.3 is 0 Å². The summed E-state index contributed by atoms with van der Waals surface area (Å²) >= 11 is 1.67. The Balaban J connectivity index is 1.82. The molecule has 16 heavy (non-hydrogen) atoms. The van der Waals surface area contributed by atoms with Crippen LogP contribution < -0.4 is 5.32 Å². The van der Waals surface area contributed by atoms with Crippen molar-refractivity contribution in [2.45, 2.75) is 31.5 Å². The minimum atomic E-state index is 0.335. The molecule has 0 radical (unpaired) electrons. The molecule has 5 nitrogen and oxygen atoms in total. The van der Waals surface area contributed by atoms with Crippen LogP contribution in [0.25, 0.3) is 0 Å². The fraction of sp³-hybridized carbons (Fsp3) is 0.800. The van der Waals surface area contributed by atoms with Crippen LogP contribution in [0.3, 0.4) is 0 Å². The van der Waals surface area contributed by atoms with Crippen molar-refractivity contribution in [3.8, 4) is 0 Å². The Morgan fingerprint density at radius 1 is 1.50 bits per heavy atom. The standard InChI is InChI=1S/C10H20N4OS/c1-9(2)15-6-3-4-11-5-7-16-10-12-8-13-14-10/h8-9,11H,3-7H2,1-2H3,(H,12,13,14). The molecule has 0 aliphatic heterocycles. The normalized spacial score (nSPS) is 11.2. The average Bonchev–Trinajstić information content (AvgIpc) is 2.74. The first kappa shape index (κ1) is 13.5. The lowest BCUT2D eigenvalue weighted by Gasteiger charge is -2.07. The van der Waals surface area contributed by atoms with E-state index in [0.717, 1.165) is 37.0 Å². The second-order valence-electron chi connectivity index (χ2n) is 3.66. The first-order valence-corrected chi connectivity index (χ1v) is 6.58. The van der Waals surface area contributed by atoms with E-state index in [-0.39, 0.29) is 0 Å². The van der Waals surface area contributed by atoms with Crippen LogP contribution in [-0.4, -0.2) is 46.7 Å². The summed E-state index contributed by atoms with van der Waals surface area (Å²) in [5.74, 6) is 1.00. The summed E-state index contributed by atoms with van der Waals surface area (Å²) in [5.41, 5.74) is 0. The molecule has 0 unspecified atom stereocenters. The molecule has 0 atom stereocenters. The summed E-state index contributed by atoms with van der Waals surface area (Å²) in [4.78, 5) is 4.03. The van der Waals surface area contributed by atoms with Gasteiger partial charge in [0, 0.05) is 18.9 Å². The third-order valence-electron chi connectivity index (χ3n) is 1.86. The minimum absolute atomic E-state index is 0.335. The molecule has 92 valence electrons. The molecule has 1 aromatic rings. The molecule has 1 heterocycles. The molecule has 0 aromatic carbocycles. The fourth-order valence-electron chi connectivity index (χ4n) is 1.12. The highest BCUT2D eigenvalue weighted by molar-refractivity contribution is 7.99. The summed E-state index contributed by atoms with van der Waals surface area (Å²) in [6, 6.07) is 0. The predicted molar refractivity (Wildman–Crippen MR) is 65.7 cm³/mol. The molecular weight excluding hydrogens is 224 g/mol. The lowest BCUT2D eigenvalue weighted by Crippen LogP contribution is -2.20. The van der Waals surface area contributed by atoms with E-state index < -0.39 is 0 Å². The Bertz CT molecular complexity index is 253. The van der Waals surface area contributed by atoms with Crippen molar-refractivity contribution < 1.29 is 4.74 Å². The molecule has 1 aromatic heterocycles. The van der Waals surface area contributed by atoms with E-state index in [9.17, 15) is 0 Å². The molecular formula is C10H20N4OS. The lowest BCUT2D eigenvalue weighted by molar-refractivity contribution is 0.0772. The highest BCUT2D eigenvalue weighted by atomic mass is 32.2. The van der Waals surface area contributed by atoms with Crippen LogP contribution in [0.5, 0.6) is 0 Å². The van der Waals surface area contributed by atoms with Gasteiger partial charge in [-0.05, 0) is 26.8 Å². The highest BCUT2D eigenvalue weighted by Crippen LogP contribution is 2.08. The number of nitrogens with zero attached hydrogens (tertiary/aromatic N) is 2. The summed E-state index contributed by atoms with van der Waals surface area (Å²) in [6.07, 6.45) is 2.92. The van der Waals surface area contributed by atoms with Gasteiger partial charge in [0.05, 0.1) is 6.10 Å². The number of aromatic nitrogens is 3. The Labute approximate surface area is 101 Å². The smallest absolute Gasteiger partial charge is 0.183 e. The van der Waals surface area contributed by atoms with E-state index in [1.165, 1.54) is 6.33 Å². The molecule has 0 saturated carbocycles. The van der Waals surface area contributed by atoms with Crippen LogP contribution in [0.1, 0.15) is 20.3 Å². The molecule has 0 fully saturated rings. The van der Waals surface area contributed by atoms with Crippen LogP contribution in [0.15, 0.2) is 11.5 Å². The van der Waals surface area contributed by atoms with Crippen LogP contribution in [0, 0.1) is 0 Å². The van der Waals surface area contributed by atoms with Crippen molar-refractivity contribution in [1.82, 2.24) is 20.5 Å². The van der Waals surface area contributed by atoms with Crippen molar-refractivity contribution >= 4 is 11.8 Å². The van der Waals surface area contributed by atoms with Crippen molar-refractivity contribution in [2.24, 2.45) is 0 Å². The molecule has 0 aliphatic rings. The molecule has 0 amide bonds. The van der Waals surface area contributed by atoms with Gasteiger partial charge in [0.25, 0.3) is 0 Å². The molecule has 0 aliphatic carbocycles. The topological polar surface area (TPSA) is 62.8 Å². The zero-order chi connectivity index (χ0) is 11.6. The number of aromatic amines is 1. The molecule has 1 rings (SSSR count). The Morgan fingerprint density at radius 3 is 3.06 bits per heavy atom. The summed E-state index contributed by atoms with van der Waals surface area (Å²) in [6.45, 7) is 6.93. The molecule has 2 N–H and O–H groups in total. The Morgan fingerprint density at radius 2 is 2.38 bits per heavy atom. The van der Waals surface area contributed by atoms with Gasteiger partial charge in [0.2, 0.25) is 0 Å². The van der Waals surface area contributed by atoms with Gasteiger partial charge in [-0.2, -0.15) is 5.10 Å². The molecule has 0 spiro atoms. The van der Waals surface area contributed by atoms with E-state index in [1.807, 2.05) is 0 Å². The second kappa shape index (κ2) is 8.55. The van der Waals surface area contributed by atoms with Crippen molar-refractivity contribution in [3.05, 3.63) is 6.33 Å². The van der Waals surface area contributed by atoms with Crippen molar-refractivity contribution in [2.75, 3.05) is 25.4 Å². The first-order valence-electron chi connectivity index (χ1n) is 5.59. The van der Waals surface area contributed by atoms with Crippen molar-refractivity contribution in [1.29, 1.82) is 0 Å². The van der Waals surface area contributed by atoms with Crippen molar-refractivity contribution in [3.63, 3.8) is 0 Å². The number of ether oxygens (including phenoxy) is 1. The fourth-order valence-corrected chi connectivity index (χ4v) is 1.80. The van der Waals surface area contributed by atoms with Crippen LogP contribution in [-0.2, 0) is 4.74 Å². The van der Waals surface area contributed by atoms with E-state index in [2.05, 4.69) is 34.3 Å². The maximum atomic E-state index is 5.44. The number of hydrogen-bond donors (Lipinski definition) is 2. The van der Waals surface area contributed by atoms with Crippen LogP contribution in [0.2, 0.25) is 0 Å². The quantitative estimate of drug-likeness (QED) is 0.506. The Kier molecular flexibility index (Phi) is 7.20. The SMILES string of the molecule is CC(C)OCCCNCCSc1ncn[nH]1. The maximum absolute atomic E-state index is 5.44. The van der Waals surface area contributed by atoms with Gasteiger partial charge in [0.1, 0.15) is 6.33 Å².